The number of pyridine rings is 1. The standard InChI is InChI=1S/C7H3Br2F2NO/c8-4-1-3(2-13)12-6(5(4)9)7(10)11/h1-2,7H. The van der Waals surface area contributed by atoms with Gasteiger partial charge in [0.1, 0.15) is 11.4 Å². The van der Waals surface area contributed by atoms with Crippen molar-refractivity contribution in [3.63, 3.8) is 0 Å². The van der Waals surface area contributed by atoms with E-state index in [4.69, 9.17) is 0 Å². The van der Waals surface area contributed by atoms with Crippen LogP contribution >= 0.6 is 31.9 Å². The second-order valence-corrected chi connectivity index (χ2v) is 3.79. The first-order valence-corrected chi connectivity index (χ1v) is 4.74. The first-order valence-electron chi connectivity index (χ1n) is 3.15. The van der Waals surface area contributed by atoms with Crippen LogP contribution in [0.4, 0.5) is 8.78 Å². The summed E-state index contributed by atoms with van der Waals surface area (Å²) in [6.07, 6.45) is -2.28. The maximum absolute atomic E-state index is 12.3. The second kappa shape index (κ2) is 4.23. The van der Waals surface area contributed by atoms with Crippen LogP contribution in [0.2, 0.25) is 0 Å². The van der Waals surface area contributed by atoms with Crippen molar-refractivity contribution in [2.24, 2.45) is 0 Å². The van der Waals surface area contributed by atoms with Gasteiger partial charge >= 0.3 is 0 Å². The molecule has 0 aliphatic carbocycles. The molecule has 0 fully saturated rings. The topological polar surface area (TPSA) is 30.0 Å². The zero-order valence-corrected chi connectivity index (χ0v) is 9.27. The molecule has 0 radical (unpaired) electrons. The SMILES string of the molecule is O=Cc1cc(Br)c(Br)c(C(F)F)n1. The average Bonchev–Trinajstić information content (AvgIpc) is 2.09. The van der Waals surface area contributed by atoms with Crippen molar-refractivity contribution in [2.45, 2.75) is 6.43 Å². The Bertz CT molecular complexity index is 344. The Kier molecular flexibility index (Phi) is 3.49. The largest absolute Gasteiger partial charge is 0.296 e. The predicted octanol–water partition coefficient (Wildman–Crippen LogP) is 3.36. The van der Waals surface area contributed by atoms with Gasteiger partial charge in [-0.1, -0.05) is 0 Å². The van der Waals surface area contributed by atoms with Crippen LogP contribution in [0, 0.1) is 0 Å². The van der Waals surface area contributed by atoms with Crippen molar-refractivity contribution < 1.29 is 13.6 Å². The van der Waals surface area contributed by atoms with Gasteiger partial charge in [-0.05, 0) is 37.9 Å². The molecule has 1 rings (SSSR count). The quantitative estimate of drug-likeness (QED) is 0.784. The highest BCUT2D eigenvalue weighted by Crippen LogP contribution is 2.31. The van der Waals surface area contributed by atoms with Crippen LogP contribution in [-0.4, -0.2) is 11.3 Å². The molecule has 6 heteroatoms. The zero-order valence-electron chi connectivity index (χ0n) is 6.10. The van der Waals surface area contributed by atoms with Crippen LogP contribution in [0.5, 0.6) is 0 Å². The predicted molar refractivity (Wildman–Crippen MR) is 50.0 cm³/mol. The molecule has 1 aromatic heterocycles. The van der Waals surface area contributed by atoms with Gasteiger partial charge in [0, 0.05) is 4.47 Å². The number of carbonyl (C=O) groups excluding carboxylic acids is 1. The minimum atomic E-state index is -2.70. The van der Waals surface area contributed by atoms with Crippen molar-refractivity contribution in [3.05, 3.63) is 26.4 Å². The minimum absolute atomic E-state index is 0.0228. The molecule has 0 saturated heterocycles. The van der Waals surface area contributed by atoms with Crippen molar-refractivity contribution in [2.75, 3.05) is 0 Å². The van der Waals surface area contributed by atoms with E-state index in [1.54, 1.807) is 0 Å². The third-order valence-electron chi connectivity index (χ3n) is 1.29. The number of hydrogen-bond acceptors (Lipinski definition) is 2. The number of alkyl halides is 2. The summed E-state index contributed by atoms with van der Waals surface area (Å²) >= 11 is 5.97. The maximum atomic E-state index is 12.3. The highest BCUT2D eigenvalue weighted by atomic mass is 79.9. The zero-order chi connectivity index (χ0) is 10.0. The lowest BCUT2D eigenvalue weighted by Crippen LogP contribution is -1.97. The summed E-state index contributed by atoms with van der Waals surface area (Å²) in [6, 6.07) is 1.36. The van der Waals surface area contributed by atoms with Gasteiger partial charge in [0.15, 0.2) is 6.29 Å². The summed E-state index contributed by atoms with van der Waals surface area (Å²) in [5.74, 6) is 0. The first kappa shape index (κ1) is 10.7. The fraction of sp³-hybridized carbons (Fsp3) is 0.143. The summed E-state index contributed by atoms with van der Waals surface area (Å²) in [4.78, 5) is 13.8. The Morgan fingerprint density at radius 2 is 2.08 bits per heavy atom. The van der Waals surface area contributed by atoms with E-state index in [-0.39, 0.29) is 10.2 Å². The molecule has 70 valence electrons. The normalized spacial score (nSPS) is 10.5. The van der Waals surface area contributed by atoms with Crippen LogP contribution in [0.15, 0.2) is 15.0 Å². The van der Waals surface area contributed by atoms with E-state index in [1.807, 2.05) is 0 Å². The molecule has 0 N–H and O–H groups in total. The molecule has 0 aromatic carbocycles. The molecular weight excluding hydrogens is 312 g/mol. The number of nitrogens with zero attached hydrogens (tertiary/aromatic N) is 1. The Balaban J connectivity index is 3.32. The van der Waals surface area contributed by atoms with Gasteiger partial charge in [-0.15, -0.1) is 0 Å². The van der Waals surface area contributed by atoms with Crippen molar-refractivity contribution in [3.8, 4) is 0 Å². The molecular formula is C7H3Br2F2NO. The van der Waals surface area contributed by atoms with Gasteiger partial charge in [0.25, 0.3) is 6.43 Å². The number of aldehydes is 1. The Labute approximate surface area is 89.6 Å². The monoisotopic (exact) mass is 313 g/mol. The molecule has 0 aliphatic rings. The third-order valence-corrected chi connectivity index (χ3v) is 3.28. The molecule has 0 saturated carbocycles. The summed E-state index contributed by atoms with van der Waals surface area (Å²) in [7, 11) is 0. The molecule has 1 heterocycles. The van der Waals surface area contributed by atoms with Crippen molar-refractivity contribution in [1.82, 2.24) is 4.98 Å². The number of hydrogen-bond donors (Lipinski definition) is 0. The van der Waals surface area contributed by atoms with Crippen molar-refractivity contribution in [1.29, 1.82) is 0 Å². The van der Waals surface area contributed by atoms with E-state index < -0.39 is 12.1 Å². The smallest absolute Gasteiger partial charge is 0.281 e. The van der Waals surface area contributed by atoms with Gasteiger partial charge in [0.2, 0.25) is 0 Å². The fourth-order valence-corrected chi connectivity index (χ4v) is 1.55. The van der Waals surface area contributed by atoms with Crippen LogP contribution in [0.25, 0.3) is 0 Å². The van der Waals surface area contributed by atoms with Crippen LogP contribution in [0.1, 0.15) is 22.6 Å². The molecule has 0 atom stereocenters. The number of halogens is 4. The Morgan fingerprint density at radius 3 is 2.54 bits per heavy atom. The molecule has 0 spiro atoms. The fourth-order valence-electron chi connectivity index (χ4n) is 0.741. The maximum Gasteiger partial charge on any atom is 0.281 e. The van der Waals surface area contributed by atoms with Gasteiger partial charge in [-0.25, -0.2) is 13.8 Å². The third kappa shape index (κ3) is 2.31. The number of aromatic nitrogens is 1. The van der Waals surface area contributed by atoms with Crippen molar-refractivity contribution >= 4 is 38.1 Å². The van der Waals surface area contributed by atoms with E-state index in [2.05, 4.69) is 36.8 Å². The van der Waals surface area contributed by atoms with E-state index in [9.17, 15) is 13.6 Å². The van der Waals surface area contributed by atoms with Gasteiger partial charge in [-0.2, -0.15) is 0 Å². The Morgan fingerprint density at radius 1 is 1.46 bits per heavy atom. The van der Waals surface area contributed by atoms with Crippen LogP contribution in [0.3, 0.4) is 0 Å². The lowest BCUT2D eigenvalue weighted by Gasteiger charge is -2.04. The molecule has 0 aliphatic heterocycles. The lowest BCUT2D eigenvalue weighted by atomic mass is 10.3. The Hall–Kier alpha value is -0.360. The minimum Gasteiger partial charge on any atom is -0.296 e. The van der Waals surface area contributed by atoms with Gasteiger partial charge in [0.05, 0.1) is 4.47 Å². The van der Waals surface area contributed by atoms with Gasteiger partial charge < -0.3 is 0 Å². The van der Waals surface area contributed by atoms with E-state index in [1.165, 1.54) is 6.07 Å². The molecule has 0 bridgehead atoms. The first-order chi connectivity index (χ1) is 6.06. The van der Waals surface area contributed by atoms with Gasteiger partial charge in [-0.3, -0.25) is 4.79 Å². The van der Waals surface area contributed by atoms with E-state index in [0.717, 1.165) is 0 Å². The van der Waals surface area contributed by atoms with E-state index in [0.29, 0.717) is 10.8 Å². The molecule has 0 unspecified atom stereocenters. The lowest BCUT2D eigenvalue weighted by molar-refractivity contribution is 0.111. The summed E-state index contributed by atoms with van der Waals surface area (Å²) in [5.41, 5.74) is -0.457. The molecule has 0 amide bonds. The molecule has 2 nitrogen and oxygen atoms in total. The van der Waals surface area contributed by atoms with E-state index >= 15 is 0 Å². The highest BCUT2D eigenvalue weighted by Gasteiger charge is 2.16. The van der Waals surface area contributed by atoms with Crippen LogP contribution < -0.4 is 0 Å². The number of rotatable bonds is 2. The molecule has 1 aromatic rings. The summed E-state index contributed by atoms with van der Waals surface area (Å²) in [6.45, 7) is 0. The highest BCUT2D eigenvalue weighted by molar-refractivity contribution is 9.13. The molecule has 13 heavy (non-hydrogen) atoms. The average molecular weight is 315 g/mol. The second-order valence-electron chi connectivity index (χ2n) is 2.15. The number of carbonyl (C=O) groups is 1. The summed E-state index contributed by atoms with van der Waals surface area (Å²) in [5, 5.41) is 0. The van der Waals surface area contributed by atoms with Crippen LogP contribution in [-0.2, 0) is 0 Å². The summed E-state index contributed by atoms with van der Waals surface area (Å²) < 4.78 is 25.2.